The monoisotopic (exact) mass is 198 g/mol. The molecule has 14 heavy (non-hydrogen) atoms. The lowest BCUT2D eigenvalue weighted by molar-refractivity contribution is -0.142. The summed E-state index contributed by atoms with van der Waals surface area (Å²) in [5, 5.41) is 8.36. The molecule has 0 aromatic heterocycles. The Balaban J connectivity index is 2.71. The van der Waals surface area contributed by atoms with Gasteiger partial charge in [0.05, 0.1) is 7.11 Å². The molecule has 1 N–H and O–H groups in total. The number of carbonyl (C=O) groups is 1. The first-order valence-electron chi connectivity index (χ1n) is 4.13. The standard InChI is InChI=1S/C10H11FO3/c1-14-8-4-2-3-7(5-8)6-9(11)10(12)13/h2-5,9H,6H2,1H3,(H,12,13). The van der Waals surface area contributed by atoms with Crippen molar-refractivity contribution in [2.75, 3.05) is 7.11 Å². The topological polar surface area (TPSA) is 46.5 Å². The normalized spacial score (nSPS) is 12.1. The van der Waals surface area contributed by atoms with Crippen LogP contribution in [0.2, 0.25) is 0 Å². The van der Waals surface area contributed by atoms with Crippen LogP contribution in [0.1, 0.15) is 5.56 Å². The van der Waals surface area contributed by atoms with E-state index in [2.05, 4.69) is 0 Å². The molecule has 76 valence electrons. The van der Waals surface area contributed by atoms with E-state index in [9.17, 15) is 9.18 Å². The van der Waals surface area contributed by atoms with Gasteiger partial charge in [-0.2, -0.15) is 0 Å². The third-order valence-electron chi connectivity index (χ3n) is 1.82. The highest BCUT2D eigenvalue weighted by molar-refractivity contribution is 5.72. The van der Waals surface area contributed by atoms with E-state index in [0.717, 1.165) is 0 Å². The lowest BCUT2D eigenvalue weighted by Crippen LogP contribution is -2.17. The van der Waals surface area contributed by atoms with Gasteiger partial charge in [-0.05, 0) is 17.7 Å². The first-order valence-corrected chi connectivity index (χ1v) is 4.13. The quantitative estimate of drug-likeness (QED) is 0.800. The molecule has 0 amide bonds. The second kappa shape index (κ2) is 4.60. The van der Waals surface area contributed by atoms with Crippen molar-refractivity contribution in [2.24, 2.45) is 0 Å². The number of ether oxygens (including phenoxy) is 1. The second-order valence-corrected chi connectivity index (χ2v) is 2.86. The van der Waals surface area contributed by atoms with Gasteiger partial charge in [-0.15, -0.1) is 0 Å². The molecule has 0 bridgehead atoms. The summed E-state index contributed by atoms with van der Waals surface area (Å²) >= 11 is 0. The van der Waals surface area contributed by atoms with Gasteiger partial charge >= 0.3 is 5.97 Å². The number of halogens is 1. The van der Waals surface area contributed by atoms with Crippen molar-refractivity contribution < 1.29 is 19.0 Å². The molecule has 1 unspecified atom stereocenters. The lowest BCUT2D eigenvalue weighted by Gasteiger charge is -2.05. The first kappa shape index (κ1) is 10.5. The Kier molecular flexibility index (Phi) is 3.45. The molecule has 3 nitrogen and oxygen atoms in total. The third-order valence-corrected chi connectivity index (χ3v) is 1.82. The van der Waals surface area contributed by atoms with E-state index in [4.69, 9.17) is 9.84 Å². The first-order chi connectivity index (χ1) is 6.63. The van der Waals surface area contributed by atoms with Gasteiger partial charge in [0.2, 0.25) is 6.17 Å². The van der Waals surface area contributed by atoms with E-state index >= 15 is 0 Å². The molecule has 0 fully saturated rings. The van der Waals surface area contributed by atoms with Crippen LogP contribution in [0.5, 0.6) is 5.75 Å². The van der Waals surface area contributed by atoms with Gasteiger partial charge in [0, 0.05) is 6.42 Å². The second-order valence-electron chi connectivity index (χ2n) is 2.86. The fourth-order valence-electron chi connectivity index (χ4n) is 1.09. The summed E-state index contributed by atoms with van der Waals surface area (Å²) in [5.41, 5.74) is 0.610. The summed E-state index contributed by atoms with van der Waals surface area (Å²) < 4.78 is 17.7. The SMILES string of the molecule is COc1cccc(CC(F)C(=O)O)c1. The maximum absolute atomic E-state index is 12.8. The fourth-order valence-corrected chi connectivity index (χ4v) is 1.09. The maximum Gasteiger partial charge on any atom is 0.338 e. The number of aliphatic carboxylic acids is 1. The number of methoxy groups -OCH3 is 1. The molecular weight excluding hydrogens is 187 g/mol. The molecule has 0 aliphatic carbocycles. The Morgan fingerprint density at radius 2 is 2.36 bits per heavy atom. The van der Waals surface area contributed by atoms with E-state index in [1.165, 1.54) is 7.11 Å². The van der Waals surface area contributed by atoms with E-state index < -0.39 is 12.1 Å². The molecule has 1 aromatic rings. The fraction of sp³-hybridized carbons (Fsp3) is 0.300. The molecule has 0 saturated carbocycles. The molecule has 0 saturated heterocycles. The maximum atomic E-state index is 12.8. The summed E-state index contributed by atoms with van der Waals surface area (Å²) in [6.07, 6.45) is -1.99. The van der Waals surface area contributed by atoms with E-state index in [1.807, 2.05) is 0 Å². The molecule has 0 radical (unpaired) electrons. The van der Waals surface area contributed by atoms with Gasteiger partial charge in [0.15, 0.2) is 0 Å². The summed E-state index contributed by atoms with van der Waals surface area (Å²) in [6, 6.07) is 6.70. The number of carboxylic acids is 1. The van der Waals surface area contributed by atoms with Crippen molar-refractivity contribution in [1.29, 1.82) is 0 Å². The van der Waals surface area contributed by atoms with Gasteiger partial charge in [0.25, 0.3) is 0 Å². The van der Waals surface area contributed by atoms with Crippen LogP contribution in [0.4, 0.5) is 4.39 Å². The molecule has 1 aromatic carbocycles. The summed E-state index contributed by atoms with van der Waals surface area (Å²) in [4.78, 5) is 10.3. The molecule has 0 heterocycles. The molecule has 1 atom stereocenters. The molecule has 4 heteroatoms. The van der Waals surface area contributed by atoms with Crippen LogP contribution in [-0.4, -0.2) is 24.4 Å². The van der Waals surface area contributed by atoms with Gasteiger partial charge in [-0.25, -0.2) is 9.18 Å². The Bertz CT molecular complexity index is 325. The van der Waals surface area contributed by atoms with Crippen LogP contribution in [0, 0.1) is 0 Å². The van der Waals surface area contributed by atoms with Crippen molar-refractivity contribution in [1.82, 2.24) is 0 Å². The van der Waals surface area contributed by atoms with Crippen LogP contribution < -0.4 is 4.74 Å². The smallest absolute Gasteiger partial charge is 0.338 e. The van der Waals surface area contributed by atoms with Gasteiger partial charge in [-0.3, -0.25) is 0 Å². The summed E-state index contributed by atoms with van der Waals surface area (Å²) in [7, 11) is 1.50. The van der Waals surface area contributed by atoms with Gasteiger partial charge in [-0.1, -0.05) is 12.1 Å². The van der Waals surface area contributed by atoms with Crippen molar-refractivity contribution >= 4 is 5.97 Å². The Hall–Kier alpha value is -1.58. The Morgan fingerprint density at radius 1 is 1.64 bits per heavy atom. The number of hydrogen-bond acceptors (Lipinski definition) is 2. The molecular formula is C10H11FO3. The minimum Gasteiger partial charge on any atom is -0.497 e. The average molecular weight is 198 g/mol. The molecule has 0 aliphatic rings. The van der Waals surface area contributed by atoms with E-state index in [-0.39, 0.29) is 6.42 Å². The van der Waals surface area contributed by atoms with Crippen molar-refractivity contribution in [3.63, 3.8) is 0 Å². The molecule has 0 aliphatic heterocycles. The number of rotatable bonds is 4. The third kappa shape index (κ3) is 2.73. The highest BCUT2D eigenvalue weighted by atomic mass is 19.1. The minimum atomic E-state index is -1.86. The zero-order chi connectivity index (χ0) is 10.6. The minimum absolute atomic E-state index is 0.132. The van der Waals surface area contributed by atoms with Crippen LogP contribution >= 0.6 is 0 Å². The number of carboxylic acid groups (broad SMARTS) is 1. The van der Waals surface area contributed by atoms with Crippen molar-refractivity contribution in [3.05, 3.63) is 29.8 Å². The zero-order valence-electron chi connectivity index (χ0n) is 7.74. The van der Waals surface area contributed by atoms with Gasteiger partial charge < -0.3 is 9.84 Å². The highest BCUT2D eigenvalue weighted by Crippen LogP contribution is 2.14. The van der Waals surface area contributed by atoms with Crippen molar-refractivity contribution in [3.8, 4) is 5.75 Å². The van der Waals surface area contributed by atoms with Crippen molar-refractivity contribution in [2.45, 2.75) is 12.6 Å². The van der Waals surface area contributed by atoms with Crippen LogP contribution in [0.3, 0.4) is 0 Å². The predicted octanol–water partition coefficient (Wildman–Crippen LogP) is 1.66. The Labute approximate surface area is 81.1 Å². The van der Waals surface area contributed by atoms with E-state index in [1.54, 1.807) is 24.3 Å². The highest BCUT2D eigenvalue weighted by Gasteiger charge is 2.16. The van der Waals surface area contributed by atoms with Crippen LogP contribution in [0.15, 0.2) is 24.3 Å². The predicted molar refractivity (Wildman–Crippen MR) is 49.2 cm³/mol. The van der Waals surface area contributed by atoms with Crippen LogP contribution in [0.25, 0.3) is 0 Å². The number of alkyl halides is 1. The summed E-state index contributed by atoms with van der Waals surface area (Å²) in [6.45, 7) is 0. The zero-order valence-corrected chi connectivity index (χ0v) is 7.74. The lowest BCUT2D eigenvalue weighted by atomic mass is 10.1. The average Bonchev–Trinajstić information content (AvgIpc) is 2.18. The molecule has 1 rings (SSSR count). The summed E-state index contributed by atoms with van der Waals surface area (Å²) in [5.74, 6) is -0.840. The van der Waals surface area contributed by atoms with E-state index in [0.29, 0.717) is 11.3 Å². The number of hydrogen-bond donors (Lipinski definition) is 1. The van der Waals surface area contributed by atoms with Gasteiger partial charge in [0.1, 0.15) is 5.75 Å². The molecule has 0 spiro atoms. The number of benzene rings is 1. The largest absolute Gasteiger partial charge is 0.497 e. The van der Waals surface area contributed by atoms with Crippen LogP contribution in [-0.2, 0) is 11.2 Å². The Morgan fingerprint density at radius 3 is 2.93 bits per heavy atom.